The fraction of sp³-hybridized carbons (Fsp3) is 0.462. The molecule has 3 nitrogen and oxygen atoms in total. The summed E-state index contributed by atoms with van der Waals surface area (Å²) in [4.78, 5) is 14.3. The molecule has 1 amide bonds. The van der Waals surface area contributed by atoms with Gasteiger partial charge in [0.1, 0.15) is 0 Å². The van der Waals surface area contributed by atoms with Crippen LogP contribution in [0.4, 0.5) is 0 Å². The first-order chi connectivity index (χ1) is 8.24. The lowest BCUT2D eigenvalue weighted by Gasteiger charge is -2.17. The summed E-state index contributed by atoms with van der Waals surface area (Å²) in [5, 5.41) is 3.39. The molecule has 0 saturated carbocycles. The molecule has 2 saturated heterocycles. The molecule has 1 N–H and O–H groups in total. The highest BCUT2D eigenvalue weighted by Gasteiger charge is 2.38. The van der Waals surface area contributed by atoms with E-state index in [1.54, 1.807) is 0 Å². The van der Waals surface area contributed by atoms with Gasteiger partial charge in [-0.15, -0.1) is 0 Å². The fourth-order valence-electron chi connectivity index (χ4n) is 2.80. The van der Waals surface area contributed by atoms with Gasteiger partial charge in [-0.05, 0) is 58.7 Å². The van der Waals surface area contributed by atoms with Gasteiger partial charge in [-0.2, -0.15) is 0 Å². The lowest BCUT2D eigenvalue weighted by molar-refractivity contribution is 0.0781. The molecule has 0 aliphatic carbocycles. The largest absolute Gasteiger partial charge is 0.338 e. The molecule has 2 aliphatic rings. The van der Waals surface area contributed by atoms with E-state index in [1.165, 1.54) is 3.57 Å². The summed E-state index contributed by atoms with van der Waals surface area (Å²) in [5.41, 5.74) is 0.818. The van der Waals surface area contributed by atoms with Gasteiger partial charge in [0.25, 0.3) is 5.91 Å². The van der Waals surface area contributed by atoms with Crippen molar-refractivity contribution in [2.75, 3.05) is 26.2 Å². The summed E-state index contributed by atoms with van der Waals surface area (Å²) < 4.78 is 1.17. The van der Waals surface area contributed by atoms with Gasteiger partial charge < -0.3 is 10.2 Å². The monoisotopic (exact) mass is 342 g/mol. The smallest absolute Gasteiger partial charge is 0.253 e. The second-order valence-corrected chi connectivity index (χ2v) is 6.14. The number of benzene rings is 1. The molecule has 2 heterocycles. The van der Waals surface area contributed by atoms with Crippen LogP contribution < -0.4 is 5.32 Å². The van der Waals surface area contributed by atoms with Gasteiger partial charge in [0.2, 0.25) is 0 Å². The van der Waals surface area contributed by atoms with E-state index in [1.807, 2.05) is 29.2 Å². The maximum Gasteiger partial charge on any atom is 0.253 e. The van der Waals surface area contributed by atoms with E-state index < -0.39 is 0 Å². The number of fused-ring (bicyclic) bond motifs is 1. The van der Waals surface area contributed by atoms with Gasteiger partial charge in [0, 0.05) is 35.3 Å². The zero-order valence-electron chi connectivity index (χ0n) is 9.53. The molecule has 4 heteroatoms. The zero-order valence-corrected chi connectivity index (χ0v) is 11.7. The Morgan fingerprint density at radius 3 is 2.35 bits per heavy atom. The van der Waals surface area contributed by atoms with Crippen LogP contribution in [0.25, 0.3) is 0 Å². The third kappa shape index (κ3) is 2.20. The van der Waals surface area contributed by atoms with Crippen molar-refractivity contribution in [3.05, 3.63) is 33.4 Å². The highest BCUT2D eigenvalue weighted by atomic mass is 127. The number of likely N-dealkylation sites (tertiary alicyclic amines) is 1. The number of nitrogens with one attached hydrogen (secondary N) is 1. The summed E-state index contributed by atoms with van der Waals surface area (Å²) in [6.07, 6.45) is 0. The predicted molar refractivity (Wildman–Crippen MR) is 74.9 cm³/mol. The van der Waals surface area contributed by atoms with Crippen molar-refractivity contribution in [1.29, 1.82) is 0 Å². The van der Waals surface area contributed by atoms with Gasteiger partial charge in [-0.3, -0.25) is 4.79 Å². The van der Waals surface area contributed by atoms with E-state index in [-0.39, 0.29) is 5.91 Å². The lowest BCUT2D eigenvalue weighted by atomic mass is 10.0. The number of carbonyl (C=O) groups excluding carboxylic acids is 1. The molecule has 17 heavy (non-hydrogen) atoms. The van der Waals surface area contributed by atoms with Gasteiger partial charge in [-0.25, -0.2) is 0 Å². The Bertz CT molecular complexity index is 420. The van der Waals surface area contributed by atoms with Crippen LogP contribution in [0.3, 0.4) is 0 Å². The van der Waals surface area contributed by atoms with E-state index in [0.717, 1.165) is 31.7 Å². The molecule has 0 aromatic heterocycles. The first-order valence-electron chi connectivity index (χ1n) is 5.99. The van der Waals surface area contributed by atoms with E-state index in [9.17, 15) is 4.79 Å². The van der Waals surface area contributed by atoms with E-state index in [0.29, 0.717) is 11.8 Å². The van der Waals surface area contributed by atoms with Crippen LogP contribution in [0.2, 0.25) is 0 Å². The van der Waals surface area contributed by atoms with Gasteiger partial charge >= 0.3 is 0 Å². The average molecular weight is 342 g/mol. The number of carbonyl (C=O) groups is 1. The second kappa shape index (κ2) is 4.57. The number of hydrogen-bond donors (Lipinski definition) is 1. The molecule has 3 rings (SSSR count). The molecule has 0 radical (unpaired) electrons. The number of hydrogen-bond acceptors (Lipinski definition) is 2. The molecule has 0 bridgehead atoms. The van der Waals surface area contributed by atoms with E-state index in [2.05, 4.69) is 27.9 Å². The van der Waals surface area contributed by atoms with Crippen molar-refractivity contribution in [1.82, 2.24) is 10.2 Å². The van der Waals surface area contributed by atoms with Crippen molar-refractivity contribution >= 4 is 28.5 Å². The Morgan fingerprint density at radius 2 is 1.76 bits per heavy atom. The highest BCUT2D eigenvalue weighted by molar-refractivity contribution is 14.1. The van der Waals surface area contributed by atoms with Crippen LogP contribution in [0.1, 0.15) is 10.4 Å². The summed E-state index contributed by atoms with van der Waals surface area (Å²) >= 11 is 2.26. The molecular formula is C13H15IN2O. The third-order valence-corrected chi connectivity index (χ3v) is 4.49. The van der Waals surface area contributed by atoms with E-state index in [4.69, 9.17) is 0 Å². The molecule has 2 fully saturated rings. The average Bonchev–Trinajstić information content (AvgIpc) is 2.89. The maximum atomic E-state index is 12.3. The standard InChI is InChI=1S/C13H15IN2O/c14-12-3-1-9(2-4-12)13(17)16-7-10-5-15-6-11(10)8-16/h1-4,10-11,15H,5-8H2. The second-order valence-electron chi connectivity index (χ2n) is 4.90. The minimum absolute atomic E-state index is 0.191. The van der Waals surface area contributed by atoms with Crippen molar-refractivity contribution in [2.45, 2.75) is 0 Å². The minimum Gasteiger partial charge on any atom is -0.338 e. The molecule has 0 spiro atoms. The predicted octanol–water partition coefficient (Wildman–Crippen LogP) is 1.58. The fourth-order valence-corrected chi connectivity index (χ4v) is 3.16. The number of amides is 1. The first-order valence-corrected chi connectivity index (χ1v) is 7.07. The molecule has 1 aromatic rings. The van der Waals surface area contributed by atoms with E-state index >= 15 is 0 Å². The van der Waals surface area contributed by atoms with Crippen molar-refractivity contribution in [3.8, 4) is 0 Å². The highest BCUT2D eigenvalue weighted by Crippen LogP contribution is 2.27. The Balaban J connectivity index is 1.73. The molecule has 1 aromatic carbocycles. The summed E-state index contributed by atoms with van der Waals surface area (Å²) in [6, 6.07) is 7.84. The summed E-state index contributed by atoms with van der Waals surface area (Å²) in [5.74, 6) is 1.53. The minimum atomic E-state index is 0.191. The SMILES string of the molecule is O=C(c1ccc(I)cc1)N1CC2CNCC2C1. The van der Waals surface area contributed by atoms with Crippen LogP contribution in [0.5, 0.6) is 0 Å². The van der Waals surface area contributed by atoms with Crippen LogP contribution in [-0.4, -0.2) is 37.0 Å². The Kier molecular flexibility index (Phi) is 3.08. The van der Waals surface area contributed by atoms with Crippen LogP contribution in [0, 0.1) is 15.4 Å². The van der Waals surface area contributed by atoms with Crippen LogP contribution >= 0.6 is 22.6 Å². The Hall–Kier alpha value is -0.620. The molecule has 2 atom stereocenters. The number of rotatable bonds is 1. The Morgan fingerprint density at radius 1 is 1.18 bits per heavy atom. The zero-order chi connectivity index (χ0) is 11.8. The normalized spacial score (nSPS) is 27.2. The van der Waals surface area contributed by atoms with Crippen molar-refractivity contribution < 1.29 is 4.79 Å². The topological polar surface area (TPSA) is 32.3 Å². The third-order valence-electron chi connectivity index (χ3n) is 3.77. The van der Waals surface area contributed by atoms with Gasteiger partial charge in [-0.1, -0.05) is 0 Å². The molecule has 2 unspecified atom stereocenters. The Labute approximate surface area is 115 Å². The van der Waals surface area contributed by atoms with Crippen molar-refractivity contribution in [3.63, 3.8) is 0 Å². The quantitative estimate of drug-likeness (QED) is 0.786. The lowest BCUT2D eigenvalue weighted by Crippen LogP contribution is -2.31. The molecule has 90 valence electrons. The number of nitrogens with zero attached hydrogens (tertiary/aromatic N) is 1. The summed E-state index contributed by atoms with van der Waals surface area (Å²) in [7, 11) is 0. The van der Waals surface area contributed by atoms with Crippen molar-refractivity contribution in [2.24, 2.45) is 11.8 Å². The molecular weight excluding hydrogens is 327 g/mol. The number of halogens is 1. The van der Waals surface area contributed by atoms with Gasteiger partial charge in [0.05, 0.1) is 0 Å². The molecule has 2 aliphatic heterocycles. The van der Waals surface area contributed by atoms with Gasteiger partial charge in [0.15, 0.2) is 0 Å². The van der Waals surface area contributed by atoms with Crippen LogP contribution in [-0.2, 0) is 0 Å². The van der Waals surface area contributed by atoms with Crippen LogP contribution in [0.15, 0.2) is 24.3 Å². The first kappa shape index (κ1) is 11.5. The summed E-state index contributed by atoms with van der Waals surface area (Å²) in [6.45, 7) is 3.98. The maximum absolute atomic E-state index is 12.3.